The number of phosphoric ester groups is 1. The smallest absolute Gasteiger partial charge is 0.472 e. The highest BCUT2D eigenvalue weighted by atomic mass is 31.2. The second-order valence-corrected chi connectivity index (χ2v) is 16.6. The molecular weight excluding hydrogens is 789 g/mol. The van der Waals surface area contributed by atoms with Crippen LogP contribution in [-0.4, -0.2) is 76.9 Å². The van der Waals surface area contributed by atoms with Gasteiger partial charge in [-0.2, -0.15) is 0 Å². The topological polar surface area (TPSA) is 209 Å². The van der Waals surface area contributed by atoms with E-state index < -0.39 is 63.8 Å². The summed E-state index contributed by atoms with van der Waals surface area (Å²) in [5.74, 6) is -2.92. The lowest BCUT2D eigenvalue weighted by Crippen LogP contribution is -2.34. The number of ether oxygens (including phenoxy) is 2. The summed E-state index contributed by atoms with van der Waals surface area (Å²) in [5.41, 5.74) is 5.33. The molecule has 14 heteroatoms. The Labute approximate surface area is 358 Å². The van der Waals surface area contributed by atoms with E-state index in [0.717, 1.165) is 64.2 Å². The summed E-state index contributed by atoms with van der Waals surface area (Å²) in [6.07, 6.45) is 38.8. The number of esters is 2. The minimum Gasteiger partial charge on any atom is -0.480 e. The molecule has 0 aromatic rings. The summed E-state index contributed by atoms with van der Waals surface area (Å²) in [6.45, 7) is 2.43. The maximum Gasteiger partial charge on any atom is 0.472 e. The van der Waals surface area contributed by atoms with Gasteiger partial charge in [0.15, 0.2) is 11.9 Å². The van der Waals surface area contributed by atoms with Gasteiger partial charge in [-0.25, -0.2) is 4.57 Å². The van der Waals surface area contributed by atoms with Gasteiger partial charge in [-0.1, -0.05) is 126 Å². The van der Waals surface area contributed by atoms with E-state index >= 15 is 0 Å². The van der Waals surface area contributed by atoms with Crippen LogP contribution in [0.25, 0.3) is 0 Å². The first kappa shape index (κ1) is 54.6. The molecule has 0 aromatic heterocycles. The summed E-state index contributed by atoms with van der Waals surface area (Å²) in [7, 11) is -4.78. The highest BCUT2D eigenvalue weighted by Gasteiger charge is 2.29. The van der Waals surface area contributed by atoms with E-state index in [0.29, 0.717) is 32.1 Å². The molecule has 0 amide bonds. The Bertz CT molecular complexity index is 1440. The number of rotatable bonds is 37. The van der Waals surface area contributed by atoms with Crippen molar-refractivity contribution in [1.29, 1.82) is 0 Å². The van der Waals surface area contributed by atoms with Gasteiger partial charge in [0.1, 0.15) is 12.6 Å². The van der Waals surface area contributed by atoms with Crippen LogP contribution in [-0.2, 0) is 42.3 Å². The average Bonchev–Trinajstić information content (AvgIpc) is 3.57. The third-order valence-electron chi connectivity index (χ3n) is 9.67. The van der Waals surface area contributed by atoms with Crippen LogP contribution in [0.15, 0.2) is 72.9 Å². The summed E-state index contributed by atoms with van der Waals surface area (Å²) >= 11 is 0. The number of aliphatic carboxylic acids is 1. The van der Waals surface area contributed by atoms with Crippen LogP contribution in [0.5, 0.6) is 0 Å². The standard InChI is InChI=1S/C46H74NO12P/c1-3-5-7-8-9-10-11-12-13-14-15-16-17-18-19-20-25-29-44(50)56-35-40(36-57-60(54,55)58-37-42(47)46(52)53)59-45(51)30-26-22-21-24-27-38-31-34-43(49)41(38)33-32-39(48)28-23-6-4-2/h9-10,12-13,15-16,21,24,31-34,38-42,48H,3-8,11,14,17-20,22-23,25-30,35-37,47H2,1-2H3,(H,52,53)(H,54,55)/b10-9-,13-12-,16-15-,24-21-,33-32+/t38-,39-,40+,41+,42-/m0/s1. The van der Waals surface area contributed by atoms with Gasteiger partial charge in [0.2, 0.25) is 0 Å². The predicted molar refractivity (Wildman–Crippen MR) is 235 cm³/mol. The molecule has 1 unspecified atom stereocenters. The van der Waals surface area contributed by atoms with Crippen molar-refractivity contribution < 1.29 is 57.4 Å². The number of carboxylic acid groups (broad SMARTS) is 1. The number of aliphatic hydroxyl groups excluding tert-OH is 1. The lowest BCUT2D eigenvalue weighted by atomic mass is 9.90. The van der Waals surface area contributed by atoms with E-state index in [-0.39, 0.29) is 30.5 Å². The average molecular weight is 864 g/mol. The summed E-state index contributed by atoms with van der Waals surface area (Å²) in [4.78, 5) is 58.5. The number of unbranched alkanes of at least 4 members (excludes halogenated alkanes) is 10. The van der Waals surface area contributed by atoms with Crippen LogP contribution in [0.1, 0.15) is 142 Å². The Morgan fingerprint density at radius 2 is 1.35 bits per heavy atom. The van der Waals surface area contributed by atoms with Crippen LogP contribution >= 0.6 is 7.82 Å². The Morgan fingerprint density at radius 1 is 0.767 bits per heavy atom. The second kappa shape index (κ2) is 35.2. The molecule has 0 heterocycles. The molecule has 13 nitrogen and oxygen atoms in total. The maximum atomic E-state index is 12.7. The lowest BCUT2D eigenvalue weighted by Gasteiger charge is -2.20. The number of ketones is 1. The number of allylic oxidation sites excluding steroid dienone is 11. The van der Waals surface area contributed by atoms with Crippen LogP contribution in [0.3, 0.4) is 0 Å². The first-order chi connectivity index (χ1) is 28.9. The fourth-order valence-electron chi connectivity index (χ4n) is 6.06. The summed E-state index contributed by atoms with van der Waals surface area (Å²) < 4.78 is 32.7. The van der Waals surface area contributed by atoms with Gasteiger partial charge >= 0.3 is 25.7 Å². The first-order valence-corrected chi connectivity index (χ1v) is 23.5. The molecule has 6 atom stereocenters. The number of carboxylic acids is 1. The number of carbonyl (C=O) groups is 4. The molecule has 0 spiro atoms. The first-order valence-electron chi connectivity index (χ1n) is 22.0. The van der Waals surface area contributed by atoms with Crippen molar-refractivity contribution in [2.45, 2.75) is 161 Å². The van der Waals surface area contributed by atoms with Gasteiger partial charge in [0.25, 0.3) is 0 Å². The summed E-state index contributed by atoms with van der Waals surface area (Å²) in [5, 5.41) is 19.1. The lowest BCUT2D eigenvalue weighted by molar-refractivity contribution is -0.161. The van der Waals surface area contributed by atoms with Crippen LogP contribution in [0.4, 0.5) is 0 Å². The van der Waals surface area contributed by atoms with Crippen LogP contribution in [0, 0.1) is 11.8 Å². The quantitative estimate of drug-likeness (QED) is 0.0199. The molecular formula is C46H74NO12P. The Hall–Kier alpha value is -3.45. The van der Waals surface area contributed by atoms with E-state index in [4.69, 9.17) is 24.8 Å². The molecule has 0 saturated heterocycles. The monoisotopic (exact) mass is 863 g/mol. The highest BCUT2D eigenvalue weighted by molar-refractivity contribution is 7.47. The Balaban J connectivity index is 2.49. The molecule has 60 heavy (non-hydrogen) atoms. The number of nitrogens with two attached hydrogens (primary N) is 1. The number of aliphatic hydroxyl groups is 1. The fraction of sp³-hybridized carbons (Fsp3) is 0.652. The molecule has 1 aliphatic rings. The zero-order valence-electron chi connectivity index (χ0n) is 36.1. The Morgan fingerprint density at radius 3 is 2.03 bits per heavy atom. The van der Waals surface area contributed by atoms with E-state index in [1.807, 2.05) is 18.2 Å². The fourth-order valence-corrected chi connectivity index (χ4v) is 6.84. The molecule has 0 aromatic carbocycles. The van der Waals surface area contributed by atoms with Crippen molar-refractivity contribution in [3.63, 3.8) is 0 Å². The second-order valence-electron chi connectivity index (χ2n) is 15.1. The van der Waals surface area contributed by atoms with Crippen molar-refractivity contribution >= 4 is 31.5 Å². The zero-order chi connectivity index (χ0) is 44.3. The van der Waals surface area contributed by atoms with Crippen molar-refractivity contribution in [2.24, 2.45) is 17.6 Å². The molecule has 340 valence electrons. The van der Waals surface area contributed by atoms with Crippen molar-refractivity contribution in [3.8, 4) is 0 Å². The van der Waals surface area contributed by atoms with E-state index in [1.165, 1.54) is 19.3 Å². The van der Waals surface area contributed by atoms with Gasteiger partial charge < -0.3 is 30.3 Å². The van der Waals surface area contributed by atoms with E-state index in [9.17, 15) is 33.7 Å². The third-order valence-corrected chi connectivity index (χ3v) is 10.6. The number of phosphoric acid groups is 1. The molecule has 0 saturated carbocycles. The maximum absolute atomic E-state index is 12.7. The number of hydrogen-bond acceptors (Lipinski definition) is 11. The molecule has 5 N–H and O–H groups in total. The van der Waals surface area contributed by atoms with E-state index in [2.05, 4.69) is 54.8 Å². The SMILES string of the molecule is CCCCC/C=C\C/C=C\C/C=C\CCCCCCC(=O)OC[C@H](COP(=O)(O)OC[C@H](N)C(=O)O)OC(=O)CCC/C=C\C[C@H]1C=CC(=O)[C@@H]1/C=C/[C@@H](O)CCCCC. The molecule has 1 aliphatic carbocycles. The number of hydrogen-bond donors (Lipinski definition) is 4. The van der Waals surface area contributed by atoms with E-state index in [1.54, 1.807) is 18.2 Å². The van der Waals surface area contributed by atoms with Crippen molar-refractivity contribution in [3.05, 3.63) is 72.9 Å². The molecule has 0 radical (unpaired) electrons. The van der Waals surface area contributed by atoms with Gasteiger partial charge in [0.05, 0.1) is 19.3 Å². The van der Waals surface area contributed by atoms with Gasteiger partial charge in [-0.3, -0.25) is 28.2 Å². The van der Waals surface area contributed by atoms with Gasteiger partial charge in [-0.15, -0.1) is 0 Å². The van der Waals surface area contributed by atoms with Crippen molar-refractivity contribution in [1.82, 2.24) is 0 Å². The molecule has 0 aliphatic heterocycles. The molecule has 1 rings (SSSR count). The zero-order valence-corrected chi connectivity index (χ0v) is 37.0. The Kier molecular flexibility index (Phi) is 32.0. The minimum atomic E-state index is -4.78. The van der Waals surface area contributed by atoms with Crippen LogP contribution in [0.2, 0.25) is 0 Å². The molecule has 0 bridgehead atoms. The molecule has 0 fully saturated rings. The largest absolute Gasteiger partial charge is 0.480 e. The third kappa shape index (κ3) is 29.7. The normalized spacial score (nSPS) is 18.3. The van der Waals surface area contributed by atoms with Gasteiger partial charge in [0, 0.05) is 18.8 Å². The highest BCUT2D eigenvalue weighted by Crippen LogP contribution is 2.43. The summed E-state index contributed by atoms with van der Waals surface area (Å²) in [6, 6.07) is -1.56. The van der Waals surface area contributed by atoms with Crippen LogP contribution < -0.4 is 5.73 Å². The predicted octanol–water partition coefficient (Wildman–Crippen LogP) is 9.34. The van der Waals surface area contributed by atoms with Crippen molar-refractivity contribution in [2.75, 3.05) is 19.8 Å². The van der Waals surface area contributed by atoms with Gasteiger partial charge in [-0.05, 0) is 82.6 Å². The number of carbonyl (C=O) groups excluding carboxylic acids is 3. The minimum absolute atomic E-state index is 0.00137.